The normalized spacial score (nSPS) is 20.8. The number of aromatic nitrogens is 1. The van der Waals surface area contributed by atoms with Gasteiger partial charge in [-0.25, -0.2) is 9.37 Å². The standard InChI is InChI=1S/C11H15BrFN3/c1-16(9-3-2-4-14-7-9)11-10(13)5-8(12)6-15-11/h5-6,9,14H,2-4,7H2,1H3. The highest BCUT2D eigenvalue weighted by atomic mass is 79.9. The van der Waals surface area contributed by atoms with E-state index in [1.807, 2.05) is 11.9 Å². The lowest BCUT2D eigenvalue weighted by atomic mass is 10.1. The molecular weight excluding hydrogens is 273 g/mol. The number of anilines is 1. The molecule has 1 N–H and O–H groups in total. The minimum absolute atomic E-state index is 0.276. The molecule has 2 rings (SSSR count). The summed E-state index contributed by atoms with van der Waals surface area (Å²) in [5.41, 5.74) is 0. The number of nitrogens with one attached hydrogen (secondary N) is 1. The van der Waals surface area contributed by atoms with Crippen molar-refractivity contribution in [1.29, 1.82) is 0 Å². The Bertz CT molecular complexity index is 366. The molecule has 16 heavy (non-hydrogen) atoms. The Morgan fingerprint density at radius 3 is 3.06 bits per heavy atom. The van der Waals surface area contributed by atoms with E-state index >= 15 is 0 Å². The van der Waals surface area contributed by atoms with Crippen molar-refractivity contribution in [2.75, 3.05) is 25.0 Å². The zero-order valence-electron chi connectivity index (χ0n) is 9.21. The maximum Gasteiger partial charge on any atom is 0.166 e. The minimum Gasteiger partial charge on any atom is -0.353 e. The van der Waals surface area contributed by atoms with Gasteiger partial charge in [0, 0.05) is 30.3 Å². The fraction of sp³-hybridized carbons (Fsp3) is 0.545. The fourth-order valence-electron chi connectivity index (χ4n) is 2.00. The SMILES string of the molecule is CN(c1ncc(Br)cc1F)C1CCCNC1. The van der Waals surface area contributed by atoms with Crippen molar-refractivity contribution in [2.45, 2.75) is 18.9 Å². The van der Waals surface area contributed by atoms with Crippen LogP contribution in [0.1, 0.15) is 12.8 Å². The van der Waals surface area contributed by atoms with E-state index < -0.39 is 0 Å². The first kappa shape index (κ1) is 11.8. The van der Waals surface area contributed by atoms with Crippen molar-refractivity contribution in [3.63, 3.8) is 0 Å². The van der Waals surface area contributed by atoms with E-state index in [-0.39, 0.29) is 5.82 Å². The van der Waals surface area contributed by atoms with Crippen LogP contribution in [0, 0.1) is 5.82 Å². The average molecular weight is 288 g/mol. The lowest BCUT2D eigenvalue weighted by Gasteiger charge is -2.32. The molecule has 0 aromatic carbocycles. The topological polar surface area (TPSA) is 28.2 Å². The van der Waals surface area contributed by atoms with Gasteiger partial charge in [-0.3, -0.25) is 0 Å². The van der Waals surface area contributed by atoms with Gasteiger partial charge in [-0.1, -0.05) is 0 Å². The van der Waals surface area contributed by atoms with Crippen LogP contribution in [0.15, 0.2) is 16.7 Å². The van der Waals surface area contributed by atoms with Crippen molar-refractivity contribution in [1.82, 2.24) is 10.3 Å². The zero-order valence-corrected chi connectivity index (χ0v) is 10.8. The molecule has 0 saturated carbocycles. The van der Waals surface area contributed by atoms with Crippen LogP contribution in [-0.2, 0) is 0 Å². The van der Waals surface area contributed by atoms with Crippen molar-refractivity contribution in [3.05, 3.63) is 22.6 Å². The third kappa shape index (κ3) is 2.52. The number of likely N-dealkylation sites (N-methyl/N-ethyl adjacent to an activating group) is 1. The molecule has 0 spiro atoms. The number of hydrogen-bond donors (Lipinski definition) is 1. The third-order valence-electron chi connectivity index (χ3n) is 2.94. The number of hydrogen-bond acceptors (Lipinski definition) is 3. The predicted octanol–water partition coefficient (Wildman–Crippen LogP) is 2.17. The molecule has 0 aliphatic carbocycles. The summed E-state index contributed by atoms with van der Waals surface area (Å²) in [6, 6.07) is 1.78. The average Bonchev–Trinajstić information content (AvgIpc) is 2.29. The van der Waals surface area contributed by atoms with Crippen LogP contribution < -0.4 is 10.2 Å². The molecule has 1 saturated heterocycles. The van der Waals surface area contributed by atoms with E-state index in [4.69, 9.17) is 0 Å². The van der Waals surface area contributed by atoms with E-state index in [2.05, 4.69) is 26.2 Å². The highest BCUT2D eigenvalue weighted by Gasteiger charge is 2.21. The van der Waals surface area contributed by atoms with Gasteiger partial charge >= 0.3 is 0 Å². The zero-order chi connectivity index (χ0) is 11.5. The summed E-state index contributed by atoms with van der Waals surface area (Å²) < 4.78 is 14.4. The molecule has 0 radical (unpaired) electrons. The number of halogens is 2. The molecule has 1 aromatic rings. The first-order valence-electron chi connectivity index (χ1n) is 5.43. The van der Waals surface area contributed by atoms with Crippen LogP contribution >= 0.6 is 15.9 Å². The summed E-state index contributed by atoms with van der Waals surface area (Å²) in [6.45, 7) is 1.95. The lowest BCUT2D eigenvalue weighted by Crippen LogP contribution is -2.44. The van der Waals surface area contributed by atoms with Gasteiger partial charge < -0.3 is 10.2 Å². The highest BCUT2D eigenvalue weighted by molar-refractivity contribution is 9.10. The van der Waals surface area contributed by atoms with Crippen LogP contribution in [0.4, 0.5) is 10.2 Å². The molecule has 1 aliphatic rings. The molecule has 1 atom stereocenters. The van der Waals surface area contributed by atoms with Crippen molar-refractivity contribution >= 4 is 21.7 Å². The van der Waals surface area contributed by atoms with Gasteiger partial charge in [0.2, 0.25) is 0 Å². The van der Waals surface area contributed by atoms with Gasteiger partial charge in [0.25, 0.3) is 0 Å². The molecule has 1 aliphatic heterocycles. The summed E-state index contributed by atoms with van der Waals surface area (Å²) in [6.07, 6.45) is 3.85. The van der Waals surface area contributed by atoms with Gasteiger partial charge in [-0.05, 0) is 41.4 Å². The molecular formula is C11H15BrFN3. The Labute approximate surface area is 103 Å². The van der Waals surface area contributed by atoms with E-state index in [0.717, 1.165) is 25.9 Å². The number of nitrogens with zero attached hydrogens (tertiary/aromatic N) is 2. The molecule has 1 aromatic heterocycles. The van der Waals surface area contributed by atoms with Crippen LogP contribution in [0.25, 0.3) is 0 Å². The summed E-state index contributed by atoms with van der Waals surface area (Å²) in [5.74, 6) is 0.152. The number of rotatable bonds is 2. The summed E-state index contributed by atoms with van der Waals surface area (Å²) in [7, 11) is 1.90. The van der Waals surface area contributed by atoms with Gasteiger partial charge in [-0.15, -0.1) is 0 Å². The molecule has 1 fully saturated rings. The summed E-state index contributed by atoms with van der Waals surface area (Å²) in [5, 5.41) is 3.32. The second-order valence-electron chi connectivity index (χ2n) is 4.07. The quantitative estimate of drug-likeness (QED) is 0.904. The smallest absolute Gasteiger partial charge is 0.166 e. The molecule has 5 heteroatoms. The summed E-state index contributed by atoms with van der Waals surface area (Å²) >= 11 is 3.21. The second-order valence-corrected chi connectivity index (χ2v) is 4.99. The van der Waals surface area contributed by atoms with E-state index in [9.17, 15) is 4.39 Å². The van der Waals surface area contributed by atoms with Gasteiger partial charge in [0.15, 0.2) is 11.6 Å². The molecule has 0 bridgehead atoms. The second kappa shape index (κ2) is 5.10. The number of pyridine rings is 1. The maximum absolute atomic E-state index is 13.7. The van der Waals surface area contributed by atoms with Crippen molar-refractivity contribution < 1.29 is 4.39 Å². The highest BCUT2D eigenvalue weighted by Crippen LogP contribution is 2.22. The van der Waals surface area contributed by atoms with E-state index in [0.29, 0.717) is 16.3 Å². The Kier molecular flexibility index (Phi) is 3.76. The number of piperidine rings is 1. The Morgan fingerprint density at radius 2 is 2.44 bits per heavy atom. The maximum atomic E-state index is 13.7. The van der Waals surface area contributed by atoms with E-state index in [1.165, 1.54) is 6.07 Å². The van der Waals surface area contributed by atoms with E-state index in [1.54, 1.807) is 6.20 Å². The first-order valence-corrected chi connectivity index (χ1v) is 6.22. The fourth-order valence-corrected chi connectivity index (χ4v) is 2.31. The lowest BCUT2D eigenvalue weighted by molar-refractivity contribution is 0.439. The van der Waals surface area contributed by atoms with Gasteiger partial charge in [0.1, 0.15) is 0 Å². The van der Waals surface area contributed by atoms with Crippen LogP contribution in [0.2, 0.25) is 0 Å². The van der Waals surface area contributed by atoms with Gasteiger partial charge in [-0.2, -0.15) is 0 Å². The van der Waals surface area contributed by atoms with Crippen molar-refractivity contribution in [3.8, 4) is 0 Å². The Morgan fingerprint density at radius 1 is 1.62 bits per heavy atom. The largest absolute Gasteiger partial charge is 0.353 e. The molecule has 3 nitrogen and oxygen atoms in total. The van der Waals surface area contributed by atoms with Crippen LogP contribution in [-0.4, -0.2) is 31.2 Å². The molecule has 88 valence electrons. The van der Waals surface area contributed by atoms with Gasteiger partial charge in [0.05, 0.1) is 0 Å². The monoisotopic (exact) mass is 287 g/mol. The van der Waals surface area contributed by atoms with Crippen LogP contribution in [0.5, 0.6) is 0 Å². The minimum atomic E-state index is -0.276. The molecule has 1 unspecified atom stereocenters. The first-order chi connectivity index (χ1) is 7.68. The predicted molar refractivity (Wildman–Crippen MR) is 66.2 cm³/mol. The van der Waals surface area contributed by atoms with Crippen molar-refractivity contribution in [2.24, 2.45) is 0 Å². The molecule has 0 amide bonds. The third-order valence-corrected chi connectivity index (χ3v) is 3.37. The van der Waals surface area contributed by atoms with Crippen LogP contribution in [0.3, 0.4) is 0 Å². The Balaban J connectivity index is 2.15. The molecule has 2 heterocycles. The summed E-state index contributed by atoms with van der Waals surface area (Å²) in [4.78, 5) is 6.05. The Hall–Kier alpha value is -0.680.